The molecule has 0 amide bonds. The summed E-state index contributed by atoms with van der Waals surface area (Å²) in [4.78, 5) is 11.2. The average Bonchev–Trinajstić information content (AvgIpc) is 2.48. The van der Waals surface area contributed by atoms with Crippen molar-refractivity contribution in [3.8, 4) is 0 Å². The Labute approximate surface area is 130 Å². The third-order valence-electron chi connectivity index (χ3n) is 3.73. The van der Waals surface area contributed by atoms with Crippen LogP contribution in [0.5, 0.6) is 0 Å². The first-order chi connectivity index (χ1) is 10.1. The summed E-state index contributed by atoms with van der Waals surface area (Å²) < 4.78 is 9.73. The lowest BCUT2D eigenvalue weighted by Crippen LogP contribution is -2.18. The molecule has 0 radical (unpaired) electrons. The van der Waals surface area contributed by atoms with Gasteiger partial charge in [0.1, 0.15) is 6.61 Å². The molecule has 1 N–H and O–H groups in total. The summed E-state index contributed by atoms with van der Waals surface area (Å²) in [5, 5.41) is 9.24. The van der Waals surface area contributed by atoms with E-state index in [1.807, 2.05) is 6.92 Å². The molecule has 0 heterocycles. The molecule has 0 rings (SSSR count). The Hall–Kier alpha value is -0.770. The number of rotatable bonds is 13. The van der Waals surface area contributed by atoms with Crippen molar-refractivity contribution in [3.63, 3.8) is 0 Å². The molecule has 126 valence electrons. The largest absolute Gasteiger partial charge is 0.508 e. The van der Waals surface area contributed by atoms with Crippen molar-refractivity contribution in [1.29, 1.82) is 0 Å². The molecule has 0 fully saturated rings. The van der Waals surface area contributed by atoms with Crippen molar-refractivity contribution in [3.05, 3.63) is 0 Å². The Morgan fingerprint density at radius 2 is 1.67 bits per heavy atom. The van der Waals surface area contributed by atoms with E-state index in [1.165, 1.54) is 38.5 Å². The van der Waals surface area contributed by atoms with Gasteiger partial charge in [-0.3, -0.25) is 0 Å². The minimum absolute atomic E-state index is 0.0185. The third kappa shape index (κ3) is 13.9. The molecule has 0 saturated heterocycles. The molecule has 0 aliphatic rings. The van der Waals surface area contributed by atoms with Gasteiger partial charge in [-0.05, 0) is 18.8 Å². The van der Waals surface area contributed by atoms with Crippen molar-refractivity contribution >= 4 is 6.16 Å². The van der Waals surface area contributed by atoms with Gasteiger partial charge in [-0.15, -0.1) is 0 Å². The Morgan fingerprint density at radius 3 is 2.29 bits per heavy atom. The number of aliphatic hydroxyl groups excluding tert-OH is 1. The van der Waals surface area contributed by atoms with Crippen LogP contribution in [0, 0.1) is 5.92 Å². The zero-order valence-corrected chi connectivity index (χ0v) is 14.1. The Morgan fingerprint density at radius 1 is 1.00 bits per heavy atom. The van der Waals surface area contributed by atoms with Gasteiger partial charge in [-0.1, -0.05) is 65.7 Å². The fourth-order valence-electron chi connectivity index (χ4n) is 2.14. The van der Waals surface area contributed by atoms with E-state index < -0.39 is 12.3 Å². The van der Waals surface area contributed by atoms with Crippen molar-refractivity contribution in [1.82, 2.24) is 0 Å². The number of carbonyl (C=O) groups excluding carboxylic acids is 1. The van der Waals surface area contributed by atoms with Gasteiger partial charge in [-0.2, -0.15) is 0 Å². The monoisotopic (exact) mass is 302 g/mol. The standard InChI is InChI=1S/C17H34O4/c1-4-6-8-11-15(3)12-9-7-10-13-20-17(19)21-14-16(18)5-2/h15-16,18H,4-14H2,1-3H3. The lowest BCUT2D eigenvalue weighted by Gasteiger charge is -2.11. The fourth-order valence-corrected chi connectivity index (χ4v) is 2.14. The first-order valence-electron chi connectivity index (χ1n) is 8.57. The van der Waals surface area contributed by atoms with E-state index in [4.69, 9.17) is 9.47 Å². The molecule has 0 aromatic carbocycles. The van der Waals surface area contributed by atoms with E-state index in [1.54, 1.807) is 0 Å². The van der Waals surface area contributed by atoms with Crippen LogP contribution in [0.3, 0.4) is 0 Å². The molecule has 0 aromatic rings. The van der Waals surface area contributed by atoms with Gasteiger partial charge in [-0.25, -0.2) is 4.79 Å². The summed E-state index contributed by atoms with van der Waals surface area (Å²) in [5.74, 6) is 0.804. The van der Waals surface area contributed by atoms with Crippen LogP contribution in [0.25, 0.3) is 0 Å². The summed E-state index contributed by atoms with van der Waals surface area (Å²) in [5.41, 5.74) is 0. The van der Waals surface area contributed by atoms with Gasteiger partial charge in [0.25, 0.3) is 0 Å². The smallest absolute Gasteiger partial charge is 0.434 e. The molecule has 4 nitrogen and oxygen atoms in total. The second-order valence-corrected chi connectivity index (χ2v) is 5.92. The molecule has 2 unspecified atom stereocenters. The van der Waals surface area contributed by atoms with Gasteiger partial charge in [0.15, 0.2) is 0 Å². The highest BCUT2D eigenvalue weighted by Crippen LogP contribution is 2.16. The molecular weight excluding hydrogens is 268 g/mol. The van der Waals surface area contributed by atoms with E-state index in [-0.39, 0.29) is 6.61 Å². The fraction of sp³-hybridized carbons (Fsp3) is 0.941. The molecule has 4 heteroatoms. The maximum absolute atomic E-state index is 11.2. The Balaban J connectivity index is 3.33. The molecule has 21 heavy (non-hydrogen) atoms. The van der Waals surface area contributed by atoms with E-state index in [2.05, 4.69) is 13.8 Å². The lowest BCUT2D eigenvalue weighted by molar-refractivity contribution is 0.0174. The Kier molecular flexibility index (Phi) is 13.7. The normalized spacial score (nSPS) is 13.7. The highest BCUT2D eigenvalue weighted by atomic mass is 16.7. The van der Waals surface area contributed by atoms with E-state index in [9.17, 15) is 9.90 Å². The van der Waals surface area contributed by atoms with Crippen molar-refractivity contribution in [2.24, 2.45) is 5.92 Å². The van der Waals surface area contributed by atoms with Crippen LogP contribution in [0.15, 0.2) is 0 Å². The number of hydrogen-bond donors (Lipinski definition) is 1. The molecule has 0 saturated carbocycles. The number of carbonyl (C=O) groups is 1. The predicted octanol–water partition coefficient (Wildman–Crippen LogP) is 4.69. The van der Waals surface area contributed by atoms with Crippen LogP contribution in [-0.2, 0) is 9.47 Å². The lowest BCUT2D eigenvalue weighted by atomic mass is 9.97. The quantitative estimate of drug-likeness (QED) is 0.396. The molecule has 0 aliphatic carbocycles. The number of hydrogen-bond acceptors (Lipinski definition) is 4. The van der Waals surface area contributed by atoms with Crippen molar-refractivity contribution in [2.75, 3.05) is 13.2 Å². The molecule has 0 bridgehead atoms. The molecule has 0 aliphatic heterocycles. The maximum Gasteiger partial charge on any atom is 0.508 e. The summed E-state index contributed by atoms with van der Waals surface area (Å²) in [6, 6.07) is 0. The van der Waals surface area contributed by atoms with Crippen LogP contribution in [0.1, 0.15) is 78.6 Å². The van der Waals surface area contributed by atoms with Crippen LogP contribution in [0.4, 0.5) is 4.79 Å². The summed E-state index contributed by atoms with van der Waals surface area (Å²) >= 11 is 0. The van der Waals surface area contributed by atoms with Crippen LogP contribution >= 0.6 is 0 Å². The zero-order chi connectivity index (χ0) is 15.9. The summed E-state index contributed by atoms with van der Waals surface area (Å²) in [7, 11) is 0. The van der Waals surface area contributed by atoms with Gasteiger partial charge < -0.3 is 14.6 Å². The Bertz CT molecular complexity index is 243. The second-order valence-electron chi connectivity index (χ2n) is 5.92. The zero-order valence-electron chi connectivity index (χ0n) is 14.1. The van der Waals surface area contributed by atoms with Crippen molar-refractivity contribution in [2.45, 2.75) is 84.7 Å². The number of aliphatic hydroxyl groups is 1. The molecule has 2 atom stereocenters. The molecular formula is C17H34O4. The first kappa shape index (κ1) is 20.2. The van der Waals surface area contributed by atoms with Gasteiger partial charge in [0.05, 0.1) is 12.7 Å². The van der Waals surface area contributed by atoms with Gasteiger partial charge in [0, 0.05) is 0 Å². The number of ether oxygens (including phenoxy) is 2. The highest BCUT2D eigenvalue weighted by molar-refractivity contribution is 5.59. The maximum atomic E-state index is 11.2. The summed E-state index contributed by atoms with van der Waals surface area (Å²) in [6.45, 7) is 6.82. The minimum atomic E-state index is -0.671. The van der Waals surface area contributed by atoms with Crippen LogP contribution in [-0.4, -0.2) is 30.6 Å². The van der Waals surface area contributed by atoms with Gasteiger partial charge >= 0.3 is 6.16 Å². The van der Waals surface area contributed by atoms with Crippen molar-refractivity contribution < 1.29 is 19.4 Å². The topological polar surface area (TPSA) is 55.8 Å². The van der Waals surface area contributed by atoms with Crippen LogP contribution < -0.4 is 0 Å². The van der Waals surface area contributed by atoms with E-state index >= 15 is 0 Å². The highest BCUT2D eigenvalue weighted by Gasteiger charge is 2.07. The third-order valence-corrected chi connectivity index (χ3v) is 3.73. The second kappa shape index (κ2) is 14.2. The SMILES string of the molecule is CCCCCC(C)CCCCCOC(=O)OCC(O)CC. The first-order valence-corrected chi connectivity index (χ1v) is 8.57. The average molecular weight is 302 g/mol. The minimum Gasteiger partial charge on any atom is -0.434 e. The van der Waals surface area contributed by atoms with Gasteiger partial charge in [0.2, 0.25) is 0 Å². The number of unbranched alkanes of at least 4 members (excludes halogenated alkanes) is 4. The van der Waals surface area contributed by atoms with Crippen LogP contribution in [0.2, 0.25) is 0 Å². The molecule has 0 aromatic heterocycles. The summed E-state index contributed by atoms with van der Waals surface area (Å²) in [6.07, 6.45) is 9.04. The van der Waals surface area contributed by atoms with E-state index in [0.717, 1.165) is 18.8 Å². The predicted molar refractivity (Wildman–Crippen MR) is 85.4 cm³/mol. The van der Waals surface area contributed by atoms with E-state index in [0.29, 0.717) is 13.0 Å². The molecule has 0 spiro atoms.